The van der Waals surface area contributed by atoms with Gasteiger partial charge in [0.2, 0.25) is 11.8 Å². The zero-order chi connectivity index (χ0) is 21.8. The Morgan fingerprint density at radius 1 is 1.16 bits per heavy atom. The van der Waals surface area contributed by atoms with Crippen molar-refractivity contribution in [2.24, 2.45) is 0 Å². The number of likely N-dealkylation sites (tertiary alicyclic amines) is 1. The molecule has 0 spiro atoms. The Kier molecular flexibility index (Phi) is 6.80. The highest BCUT2D eigenvalue weighted by atomic mass is 19.3. The average molecular weight is 434 g/mol. The maximum Gasteiger partial charge on any atom is 0.272 e. The van der Waals surface area contributed by atoms with Crippen LogP contribution in [0.5, 0.6) is 5.88 Å². The van der Waals surface area contributed by atoms with Gasteiger partial charge in [-0.25, -0.2) is 18.7 Å². The highest BCUT2D eigenvalue weighted by Crippen LogP contribution is 2.28. The molecule has 0 radical (unpaired) electrons. The van der Waals surface area contributed by atoms with Gasteiger partial charge in [-0.2, -0.15) is 0 Å². The summed E-state index contributed by atoms with van der Waals surface area (Å²) in [7, 11) is 1.93. The lowest BCUT2D eigenvalue weighted by Gasteiger charge is -2.39. The third-order valence-corrected chi connectivity index (χ3v) is 6.25. The molecule has 0 N–H and O–H groups in total. The van der Waals surface area contributed by atoms with E-state index in [1.54, 1.807) is 0 Å². The maximum absolute atomic E-state index is 12.6. The molecule has 2 aliphatic rings. The molecule has 1 aromatic heterocycles. The van der Waals surface area contributed by atoms with E-state index in [9.17, 15) is 13.6 Å². The first-order valence-electron chi connectivity index (χ1n) is 10.9. The molecule has 3 heterocycles. The lowest BCUT2D eigenvalue weighted by atomic mass is 10.1. The number of likely N-dealkylation sites (N-methyl/N-ethyl adjacent to an activating group) is 1. The number of benzene rings is 1. The lowest BCUT2D eigenvalue weighted by molar-refractivity contribution is -0.131. The van der Waals surface area contributed by atoms with Crippen LogP contribution >= 0.6 is 0 Å². The molecular formula is C22H29F2N5O2. The van der Waals surface area contributed by atoms with E-state index in [2.05, 4.69) is 19.8 Å². The number of amides is 1. The van der Waals surface area contributed by atoms with Crippen LogP contribution in [0.3, 0.4) is 0 Å². The molecule has 0 bridgehead atoms. The molecule has 1 atom stereocenters. The highest BCUT2D eigenvalue weighted by molar-refractivity contribution is 5.86. The number of ether oxygens (including phenoxy) is 1. The van der Waals surface area contributed by atoms with Crippen molar-refractivity contribution in [1.82, 2.24) is 19.8 Å². The summed E-state index contributed by atoms with van der Waals surface area (Å²) in [5, 5.41) is 0.640. The third-order valence-electron chi connectivity index (χ3n) is 6.25. The van der Waals surface area contributed by atoms with E-state index in [4.69, 9.17) is 4.74 Å². The molecule has 9 heteroatoms. The average Bonchev–Trinajstić information content (AvgIpc) is 2.93. The Morgan fingerprint density at radius 3 is 2.74 bits per heavy atom. The van der Waals surface area contributed by atoms with E-state index in [1.807, 2.05) is 30.1 Å². The SMILES string of the molecule is CN1C(=O)CCCCC1CN1CCN(c2ccc3ncnc(OCC(F)F)c3c2)CC1. The van der Waals surface area contributed by atoms with Crippen molar-refractivity contribution in [2.75, 3.05) is 51.3 Å². The fraction of sp³-hybridized carbons (Fsp3) is 0.591. The predicted molar refractivity (Wildman–Crippen MR) is 115 cm³/mol. The largest absolute Gasteiger partial charge is 0.471 e. The van der Waals surface area contributed by atoms with E-state index in [-0.39, 0.29) is 17.8 Å². The Hall–Kier alpha value is -2.55. The standard InChI is InChI=1S/C22H29F2N5O2/c1-27-17(4-2-3-5-21(27)30)13-28-8-10-29(11-9-28)16-6-7-19-18(12-16)22(26-15-25-19)31-14-20(23)24/h6-7,12,15,17,20H,2-5,8-11,13-14H2,1H3. The number of nitrogens with zero attached hydrogens (tertiary/aromatic N) is 5. The van der Waals surface area contributed by atoms with E-state index in [0.717, 1.165) is 57.7 Å². The summed E-state index contributed by atoms with van der Waals surface area (Å²) in [5.41, 5.74) is 1.67. The van der Waals surface area contributed by atoms with Gasteiger partial charge in [0, 0.05) is 57.9 Å². The summed E-state index contributed by atoms with van der Waals surface area (Å²) in [6.45, 7) is 3.77. The molecule has 31 heavy (non-hydrogen) atoms. The van der Waals surface area contributed by atoms with Gasteiger partial charge >= 0.3 is 0 Å². The molecule has 7 nitrogen and oxygen atoms in total. The van der Waals surface area contributed by atoms with Gasteiger partial charge in [0.05, 0.1) is 10.9 Å². The monoisotopic (exact) mass is 433 g/mol. The number of carbonyl (C=O) groups excluding carboxylic acids is 1. The zero-order valence-electron chi connectivity index (χ0n) is 17.8. The number of anilines is 1. The van der Waals surface area contributed by atoms with Crippen molar-refractivity contribution in [3.8, 4) is 5.88 Å². The summed E-state index contributed by atoms with van der Waals surface area (Å²) in [5.74, 6) is 0.441. The number of fused-ring (bicyclic) bond motifs is 1. The lowest BCUT2D eigenvalue weighted by Crippen LogP contribution is -2.51. The first-order valence-corrected chi connectivity index (χ1v) is 10.9. The molecule has 0 aliphatic carbocycles. The number of hydrogen-bond donors (Lipinski definition) is 0. The molecule has 168 valence electrons. The topological polar surface area (TPSA) is 61.8 Å². The first-order chi connectivity index (χ1) is 15.0. The number of halogens is 2. The minimum absolute atomic E-state index is 0.187. The molecule has 1 amide bonds. The molecule has 1 unspecified atom stereocenters. The van der Waals surface area contributed by atoms with E-state index in [0.29, 0.717) is 17.3 Å². The number of hydrogen-bond acceptors (Lipinski definition) is 6. The van der Waals surface area contributed by atoms with E-state index < -0.39 is 13.0 Å². The quantitative estimate of drug-likeness (QED) is 0.698. The van der Waals surface area contributed by atoms with Gasteiger partial charge in [-0.1, -0.05) is 6.42 Å². The number of aromatic nitrogens is 2. The van der Waals surface area contributed by atoms with Gasteiger partial charge in [-0.15, -0.1) is 0 Å². The summed E-state index contributed by atoms with van der Waals surface area (Å²) < 4.78 is 30.3. The smallest absolute Gasteiger partial charge is 0.272 e. The molecule has 1 aromatic carbocycles. The normalized spacial score (nSPS) is 21.0. The van der Waals surface area contributed by atoms with Crippen LogP contribution in [0.15, 0.2) is 24.5 Å². The Morgan fingerprint density at radius 2 is 1.97 bits per heavy atom. The molecule has 2 aliphatic heterocycles. The van der Waals surface area contributed by atoms with Crippen LogP contribution < -0.4 is 9.64 Å². The molecule has 4 rings (SSSR count). The van der Waals surface area contributed by atoms with E-state index >= 15 is 0 Å². The van der Waals surface area contributed by atoms with Gasteiger partial charge in [0.1, 0.15) is 6.33 Å². The minimum Gasteiger partial charge on any atom is -0.471 e. The molecule has 2 saturated heterocycles. The predicted octanol–water partition coefficient (Wildman–Crippen LogP) is 2.80. The Labute approximate surface area is 181 Å². The Bertz CT molecular complexity index is 905. The summed E-state index contributed by atoms with van der Waals surface area (Å²) in [4.78, 5) is 27.1. The van der Waals surface area contributed by atoms with Gasteiger partial charge < -0.3 is 14.5 Å². The van der Waals surface area contributed by atoms with Crippen molar-refractivity contribution in [3.05, 3.63) is 24.5 Å². The van der Waals surface area contributed by atoms with Gasteiger partial charge in [-0.05, 0) is 31.0 Å². The van der Waals surface area contributed by atoms with Gasteiger partial charge in [-0.3, -0.25) is 9.69 Å². The van der Waals surface area contributed by atoms with Gasteiger partial charge in [0.15, 0.2) is 6.61 Å². The van der Waals surface area contributed by atoms with Crippen molar-refractivity contribution in [1.29, 1.82) is 0 Å². The van der Waals surface area contributed by atoms with Crippen molar-refractivity contribution < 1.29 is 18.3 Å². The van der Waals surface area contributed by atoms with Crippen LogP contribution in [0.4, 0.5) is 14.5 Å². The number of carbonyl (C=O) groups is 1. The summed E-state index contributed by atoms with van der Waals surface area (Å²) >= 11 is 0. The fourth-order valence-electron chi connectivity index (χ4n) is 4.40. The minimum atomic E-state index is -2.55. The molecule has 2 fully saturated rings. The number of rotatable bonds is 6. The number of alkyl halides is 2. The Balaban J connectivity index is 1.40. The fourth-order valence-corrected chi connectivity index (χ4v) is 4.40. The van der Waals surface area contributed by atoms with Crippen LogP contribution in [0.25, 0.3) is 10.9 Å². The zero-order valence-corrected chi connectivity index (χ0v) is 17.8. The maximum atomic E-state index is 12.6. The van der Waals surface area contributed by atoms with Crippen LogP contribution in [0.2, 0.25) is 0 Å². The second-order valence-electron chi connectivity index (χ2n) is 8.27. The van der Waals surface area contributed by atoms with Crippen molar-refractivity contribution >= 4 is 22.5 Å². The van der Waals surface area contributed by atoms with Crippen LogP contribution in [0.1, 0.15) is 25.7 Å². The van der Waals surface area contributed by atoms with Crippen molar-refractivity contribution in [3.63, 3.8) is 0 Å². The highest BCUT2D eigenvalue weighted by Gasteiger charge is 2.26. The summed E-state index contributed by atoms with van der Waals surface area (Å²) in [6.07, 6.45) is 2.60. The molecular weight excluding hydrogens is 404 g/mol. The first kappa shape index (κ1) is 21.7. The van der Waals surface area contributed by atoms with Crippen LogP contribution in [-0.2, 0) is 4.79 Å². The van der Waals surface area contributed by atoms with Gasteiger partial charge in [0.25, 0.3) is 6.43 Å². The van der Waals surface area contributed by atoms with Crippen LogP contribution in [-0.4, -0.2) is 84.5 Å². The third kappa shape index (κ3) is 5.20. The van der Waals surface area contributed by atoms with Crippen LogP contribution in [0, 0.1) is 0 Å². The second kappa shape index (κ2) is 9.72. The summed E-state index contributed by atoms with van der Waals surface area (Å²) in [6, 6.07) is 6.08. The van der Waals surface area contributed by atoms with E-state index in [1.165, 1.54) is 6.33 Å². The molecule has 0 saturated carbocycles. The molecule has 2 aromatic rings. The second-order valence-corrected chi connectivity index (χ2v) is 8.27. The number of piperazine rings is 1. The van der Waals surface area contributed by atoms with Crippen molar-refractivity contribution in [2.45, 2.75) is 38.2 Å².